The number of carbonyl (C=O) groups excluding carboxylic acids is 1. The topological polar surface area (TPSA) is 53.9 Å². The molecule has 0 aromatic heterocycles. The number of carbonyl (C=O) groups is 1. The largest absolute Gasteiger partial charge is 0.466 e. The summed E-state index contributed by atoms with van der Waals surface area (Å²) in [5.41, 5.74) is 1.19. The van der Waals surface area contributed by atoms with E-state index in [9.17, 15) is 4.79 Å². The molecule has 0 radical (unpaired) electrons. The predicted molar refractivity (Wildman–Crippen MR) is 102 cm³/mol. The quantitative estimate of drug-likeness (QED) is 0.478. The normalized spacial score (nSPS) is 16.0. The third-order valence-corrected chi connectivity index (χ3v) is 4.54. The number of halogens is 1. The number of nitrogens with zero attached hydrogens (tertiary/aromatic N) is 2. The first-order valence-corrected chi connectivity index (χ1v) is 9.46. The summed E-state index contributed by atoms with van der Waals surface area (Å²) in [6.07, 6.45) is 2.49. The van der Waals surface area contributed by atoms with Crippen LogP contribution in [0.1, 0.15) is 32.3 Å². The first-order valence-electron chi connectivity index (χ1n) is 9.08. The summed E-state index contributed by atoms with van der Waals surface area (Å²) < 4.78 is 5.13. The molecule has 6 heteroatoms. The fraction of sp³-hybridized carbons (Fsp3) is 0.579. The minimum atomic E-state index is -0.0648. The highest BCUT2D eigenvalue weighted by Gasteiger charge is 2.27. The van der Waals surface area contributed by atoms with Crippen molar-refractivity contribution in [2.75, 3.05) is 32.8 Å². The Morgan fingerprint density at radius 3 is 2.76 bits per heavy atom. The van der Waals surface area contributed by atoms with Gasteiger partial charge in [-0.2, -0.15) is 0 Å². The lowest BCUT2D eigenvalue weighted by Crippen LogP contribution is -2.46. The molecule has 1 aromatic rings. The van der Waals surface area contributed by atoms with Crippen LogP contribution in [0.15, 0.2) is 29.3 Å². The second kappa shape index (κ2) is 10.3. The minimum absolute atomic E-state index is 0.0190. The molecule has 0 spiro atoms. The Kier molecular flexibility index (Phi) is 8.06. The van der Waals surface area contributed by atoms with E-state index in [1.54, 1.807) is 0 Å². The van der Waals surface area contributed by atoms with Crippen molar-refractivity contribution >= 4 is 23.5 Å². The molecule has 0 aliphatic carbocycles. The van der Waals surface area contributed by atoms with Gasteiger partial charge < -0.3 is 15.0 Å². The fourth-order valence-corrected chi connectivity index (χ4v) is 3.21. The van der Waals surface area contributed by atoms with Crippen LogP contribution in [0, 0.1) is 5.92 Å². The molecule has 1 fully saturated rings. The van der Waals surface area contributed by atoms with Gasteiger partial charge in [-0.3, -0.25) is 9.79 Å². The Balaban J connectivity index is 1.88. The van der Waals surface area contributed by atoms with Crippen LogP contribution in [-0.4, -0.2) is 49.6 Å². The van der Waals surface area contributed by atoms with Gasteiger partial charge in [0.25, 0.3) is 0 Å². The van der Waals surface area contributed by atoms with Crippen molar-refractivity contribution in [3.8, 4) is 0 Å². The number of piperidine rings is 1. The number of ether oxygens (including phenoxy) is 1. The van der Waals surface area contributed by atoms with Gasteiger partial charge in [-0.05, 0) is 50.8 Å². The van der Waals surface area contributed by atoms with Gasteiger partial charge in [0.05, 0.1) is 12.5 Å². The molecule has 25 heavy (non-hydrogen) atoms. The van der Waals surface area contributed by atoms with Crippen molar-refractivity contribution in [3.63, 3.8) is 0 Å². The number of nitrogens with one attached hydrogen (secondary N) is 1. The molecule has 138 valence electrons. The fourth-order valence-electron chi connectivity index (χ4n) is 3.00. The average Bonchev–Trinajstić information content (AvgIpc) is 2.61. The van der Waals surface area contributed by atoms with Crippen molar-refractivity contribution in [2.45, 2.75) is 33.1 Å². The maximum Gasteiger partial charge on any atom is 0.309 e. The summed E-state index contributed by atoms with van der Waals surface area (Å²) in [6.45, 7) is 7.56. The van der Waals surface area contributed by atoms with Gasteiger partial charge in [0.1, 0.15) is 0 Å². The van der Waals surface area contributed by atoms with E-state index < -0.39 is 0 Å². The van der Waals surface area contributed by atoms with Gasteiger partial charge in [-0.1, -0.05) is 23.7 Å². The maximum absolute atomic E-state index is 11.9. The number of guanidine groups is 1. The lowest BCUT2D eigenvalue weighted by molar-refractivity contribution is -0.149. The van der Waals surface area contributed by atoms with Crippen molar-refractivity contribution < 1.29 is 9.53 Å². The van der Waals surface area contributed by atoms with Crippen LogP contribution in [-0.2, 0) is 16.0 Å². The number of aliphatic imine (C=N–C) groups is 1. The summed E-state index contributed by atoms with van der Waals surface area (Å²) in [5, 5.41) is 4.11. The van der Waals surface area contributed by atoms with E-state index in [2.05, 4.69) is 23.2 Å². The Bertz CT molecular complexity index is 584. The molecule has 1 N–H and O–H groups in total. The lowest BCUT2D eigenvalue weighted by Gasteiger charge is -2.33. The van der Waals surface area contributed by atoms with E-state index in [1.165, 1.54) is 5.56 Å². The number of rotatable bonds is 6. The average molecular weight is 366 g/mol. The van der Waals surface area contributed by atoms with Crippen LogP contribution in [0.25, 0.3) is 0 Å². The molecular formula is C19H28ClN3O2. The third kappa shape index (κ3) is 6.24. The van der Waals surface area contributed by atoms with Crippen LogP contribution in [0.5, 0.6) is 0 Å². The predicted octanol–water partition coefficient (Wildman–Crippen LogP) is 3.12. The highest BCUT2D eigenvalue weighted by atomic mass is 35.5. The second-order valence-electron chi connectivity index (χ2n) is 6.13. The van der Waals surface area contributed by atoms with Crippen molar-refractivity contribution in [1.29, 1.82) is 0 Å². The van der Waals surface area contributed by atoms with E-state index in [-0.39, 0.29) is 11.9 Å². The van der Waals surface area contributed by atoms with E-state index in [4.69, 9.17) is 21.3 Å². The lowest BCUT2D eigenvalue weighted by atomic mass is 9.97. The Labute approximate surface area is 155 Å². The van der Waals surface area contributed by atoms with Crippen LogP contribution in [0.2, 0.25) is 5.02 Å². The molecule has 0 bridgehead atoms. The van der Waals surface area contributed by atoms with E-state index in [1.807, 2.05) is 25.1 Å². The molecule has 1 saturated heterocycles. The second-order valence-corrected chi connectivity index (χ2v) is 6.57. The molecule has 0 saturated carbocycles. The van der Waals surface area contributed by atoms with Crippen LogP contribution in [0.3, 0.4) is 0 Å². The Morgan fingerprint density at radius 1 is 1.36 bits per heavy atom. The molecule has 0 amide bonds. The van der Waals surface area contributed by atoms with E-state index in [0.29, 0.717) is 13.2 Å². The summed E-state index contributed by atoms with van der Waals surface area (Å²) >= 11 is 6.03. The molecule has 2 rings (SSSR count). The Morgan fingerprint density at radius 2 is 2.12 bits per heavy atom. The number of hydrogen-bond acceptors (Lipinski definition) is 3. The molecular weight excluding hydrogens is 338 g/mol. The molecule has 1 aromatic carbocycles. The van der Waals surface area contributed by atoms with E-state index in [0.717, 1.165) is 49.9 Å². The summed E-state index contributed by atoms with van der Waals surface area (Å²) in [4.78, 5) is 18.8. The van der Waals surface area contributed by atoms with Gasteiger partial charge in [0, 0.05) is 31.2 Å². The molecule has 1 aliphatic heterocycles. The first-order chi connectivity index (χ1) is 12.1. The van der Waals surface area contributed by atoms with Crippen molar-refractivity contribution in [2.24, 2.45) is 10.9 Å². The highest BCUT2D eigenvalue weighted by molar-refractivity contribution is 6.30. The zero-order valence-electron chi connectivity index (χ0n) is 15.1. The summed E-state index contributed by atoms with van der Waals surface area (Å²) in [7, 11) is 0. The molecule has 5 nitrogen and oxygen atoms in total. The number of likely N-dealkylation sites (tertiary alicyclic amines) is 1. The highest BCUT2D eigenvalue weighted by Crippen LogP contribution is 2.19. The van der Waals surface area contributed by atoms with Gasteiger partial charge in [-0.15, -0.1) is 0 Å². The van der Waals surface area contributed by atoms with Crippen LogP contribution >= 0.6 is 11.6 Å². The monoisotopic (exact) mass is 365 g/mol. The van der Waals surface area contributed by atoms with Crippen LogP contribution < -0.4 is 5.32 Å². The zero-order valence-corrected chi connectivity index (χ0v) is 15.9. The van der Waals surface area contributed by atoms with Crippen molar-refractivity contribution in [1.82, 2.24) is 10.2 Å². The van der Waals surface area contributed by atoms with Gasteiger partial charge in [0.2, 0.25) is 0 Å². The van der Waals surface area contributed by atoms with Crippen molar-refractivity contribution in [3.05, 3.63) is 34.9 Å². The molecule has 1 heterocycles. The minimum Gasteiger partial charge on any atom is -0.466 e. The summed E-state index contributed by atoms with van der Waals surface area (Å²) in [5.74, 6) is 0.877. The molecule has 1 aliphatic rings. The molecule has 0 unspecified atom stereocenters. The van der Waals surface area contributed by atoms with Crippen LogP contribution in [0.4, 0.5) is 0 Å². The standard InChI is InChI=1S/C19H28ClN3O2/c1-3-21-19(22-11-8-15-6-5-7-17(20)14-15)23-12-9-16(10-13-23)18(24)25-4-2/h5-7,14,16H,3-4,8-13H2,1-2H3,(H,21,22). The zero-order chi connectivity index (χ0) is 18.1. The summed E-state index contributed by atoms with van der Waals surface area (Å²) in [6, 6.07) is 7.90. The Hall–Kier alpha value is -1.75. The molecule has 0 atom stereocenters. The first kappa shape index (κ1) is 19.6. The smallest absolute Gasteiger partial charge is 0.309 e. The number of esters is 1. The van der Waals surface area contributed by atoms with Gasteiger partial charge >= 0.3 is 5.97 Å². The van der Waals surface area contributed by atoms with Gasteiger partial charge in [-0.25, -0.2) is 0 Å². The maximum atomic E-state index is 11.9. The van der Waals surface area contributed by atoms with E-state index >= 15 is 0 Å². The number of hydrogen-bond donors (Lipinski definition) is 1. The SMILES string of the molecule is CCNC(=NCCc1cccc(Cl)c1)N1CCC(C(=O)OCC)CC1. The van der Waals surface area contributed by atoms with Gasteiger partial charge in [0.15, 0.2) is 5.96 Å². The third-order valence-electron chi connectivity index (χ3n) is 4.30. The number of benzene rings is 1.